The predicted octanol–water partition coefficient (Wildman–Crippen LogP) is 2.74. The van der Waals surface area contributed by atoms with Crippen LogP contribution in [0.1, 0.15) is 59.8 Å². The van der Waals surface area contributed by atoms with Crippen LogP contribution >= 0.6 is 0 Å². The van der Waals surface area contributed by atoms with E-state index in [1.54, 1.807) is 0 Å². The third-order valence-electron chi connectivity index (χ3n) is 4.33. The second kappa shape index (κ2) is 9.78. The quantitative estimate of drug-likeness (QED) is 0.651. The molecule has 3 atom stereocenters. The number of rotatable bonds is 10. The van der Waals surface area contributed by atoms with Gasteiger partial charge in [-0.1, -0.05) is 26.2 Å². The molecule has 2 N–H and O–H groups in total. The van der Waals surface area contributed by atoms with Crippen molar-refractivity contribution in [1.29, 1.82) is 0 Å². The fourth-order valence-corrected chi connectivity index (χ4v) is 3.14. The van der Waals surface area contributed by atoms with E-state index in [0.29, 0.717) is 31.8 Å². The second-order valence-electron chi connectivity index (χ2n) is 6.80. The first-order valence-electron chi connectivity index (χ1n) is 8.62. The molecule has 0 aromatic carbocycles. The lowest BCUT2D eigenvalue weighted by Crippen LogP contribution is -2.42. The highest BCUT2D eigenvalue weighted by Crippen LogP contribution is 2.29. The number of aliphatic hydroxyl groups excluding tert-OH is 1. The Hall–Kier alpha value is -0.160. The van der Waals surface area contributed by atoms with Gasteiger partial charge in [-0.2, -0.15) is 0 Å². The van der Waals surface area contributed by atoms with E-state index in [4.69, 9.17) is 9.47 Å². The minimum atomic E-state index is -0.443. The Morgan fingerprint density at radius 1 is 1.24 bits per heavy atom. The Kier molecular flexibility index (Phi) is 8.79. The highest BCUT2D eigenvalue weighted by Gasteiger charge is 2.25. The summed E-state index contributed by atoms with van der Waals surface area (Å²) in [5.41, 5.74) is -0.188. The van der Waals surface area contributed by atoms with Crippen molar-refractivity contribution >= 4 is 0 Å². The van der Waals surface area contributed by atoms with Crippen LogP contribution in [0.2, 0.25) is 0 Å². The fraction of sp³-hybridized carbons (Fsp3) is 1.00. The molecule has 3 unspecified atom stereocenters. The van der Waals surface area contributed by atoms with E-state index >= 15 is 0 Å². The standard InChI is InChI=1S/C17H35NO3/c1-5-14-9-7-8-10-16(14)20-12-15(19)11-18-13-17(3,4)21-6-2/h14-16,18-19H,5-13H2,1-4H3. The first kappa shape index (κ1) is 18.9. The van der Waals surface area contributed by atoms with Gasteiger partial charge in [0.15, 0.2) is 0 Å². The van der Waals surface area contributed by atoms with Gasteiger partial charge in [0.25, 0.3) is 0 Å². The van der Waals surface area contributed by atoms with E-state index in [9.17, 15) is 5.11 Å². The zero-order valence-corrected chi connectivity index (χ0v) is 14.4. The number of aliphatic hydroxyl groups is 1. The van der Waals surface area contributed by atoms with Gasteiger partial charge in [-0.15, -0.1) is 0 Å². The summed E-state index contributed by atoms with van der Waals surface area (Å²) in [4.78, 5) is 0. The van der Waals surface area contributed by atoms with E-state index < -0.39 is 6.10 Å². The molecule has 1 rings (SSSR count). The van der Waals surface area contributed by atoms with E-state index in [0.717, 1.165) is 13.0 Å². The van der Waals surface area contributed by atoms with Crippen LogP contribution in [0.4, 0.5) is 0 Å². The van der Waals surface area contributed by atoms with Crippen LogP contribution in [0.25, 0.3) is 0 Å². The largest absolute Gasteiger partial charge is 0.389 e. The summed E-state index contributed by atoms with van der Waals surface area (Å²) in [6.07, 6.45) is 6.10. The van der Waals surface area contributed by atoms with Gasteiger partial charge >= 0.3 is 0 Å². The van der Waals surface area contributed by atoms with Crippen molar-refractivity contribution < 1.29 is 14.6 Å². The molecule has 0 saturated heterocycles. The number of hydrogen-bond donors (Lipinski definition) is 2. The summed E-state index contributed by atoms with van der Waals surface area (Å²) in [7, 11) is 0. The molecule has 1 aliphatic carbocycles. The highest BCUT2D eigenvalue weighted by atomic mass is 16.5. The van der Waals surface area contributed by atoms with Crippen LogP contribution in [0, 0.1) is 5.92 Å². The van der Waals surface area contributed by atoms with Crippen molar-refractivity contribution in [2.75, 3.05) is 26.3 Å². The lowest BCUT2D eigenvalue weighted by atomic mass is 9.85. The van der Waals surface area contributed by atoms with Gasteiger partial charge in [-0.3, -0.25) is 0 Å². The highest BCUT2D eigenvalue weighted by molar-refractivity contribution is 4.76. The summed E-state index contributed by atoms with van der Waals surface area (Å²) >= 11 is 0. The van der Waals surface area contributed by atoms with E-state index in [1.165, 1.54) is 25.7 Å². The summed E-state index contributed by atoms with van der Waals surface area (Å²) in [6, 6.07) is 0. The van der Waals surface area contributed by atoms with Crippen molar-refractivity contribution in [1.82, 2.24) is 5.32 Å². The van der Waals surface area contributed by atoms with Gasteiger partial charge in [-0.25, -0.2) is 0 Å². The van der Waals surface area contributed by atoms with Crippen LogP contribution in [0.15, 0.2) is 0 Å². The molecule has 0 aromatic rings. The Morgan fingerprint density at radius 3 is 2.62 bits per heavy atom. The van der Waals surface area contributed by atoms with Gasteiger partial charge in [0, 0.05) is 19.7 Å². The molecule has 126 valence electrons. The van der Waals surface area contributed by atoms with Crippen LogP contribution in [0.5, 0.6) is 0 Å². The predicted molar refractivity (Wildman–Crippen MR) is 86.6 cm³/mol. The summed E-state index contributed by atoms with van der Waals surface area (Å²) in [5, 5.41) is 13.3. The number of ether oxygens (including phenoxy) is 2. The van der Waals surface area contributed by atoms with E-state index in [1.807, 2.05) is 6.92 Å². The van der Waals surface area contributed by atoms with Gasteiger partial charge in [0.2, 0.25) is 0 Å². The van der Waals surface area contributed by atoms with Crippen LogP contribution in [-0.4, -0.2) is 49.2 Å². The Morgan fingerprint density at radius 2 is 1.95 bits per heavy atom. The first-order valence-corrected chi connectivity index (χ1v) is 8.62. The Labute approximate surface area is 130 Å². The van der Waals surface area contributed by atoms with E-state index in [-0.39, 0.29) is 5.60 Å². The van der Waals surface area contributed by atoms with Gasteiger partial charge in [-0.05, 0) is 39.5 Å². The number of hydrogen-bond acceptors (Lipinski definition) is 4. The maximum atomic E-state index is 10.0. The summed E-state index contributed by atoms with van der Waals surface area (Å²) in [5.74, 6) is 0.677. The molecule has 4 nitrogen and oxygen atoms in total. The molecular formula is C17H35NO3. The van der Waals surface area contributed by atoms with Crippen molar-refractivity contribution in [3.8, 4) is 0 Å². The topological polar surface area (TPSA) is 50.7 Å². The van der Waals surface area contributed by atoms with Gasteiger partial charge < -0.3 is 19.9 Å². The molecule has 0 heterocycles. The van der Waals surface area contributed by atoms with Crippen LogP contribution in [-0.2, 0) is 9.47 Å². The molecule has 1 fully saturated rings. The summed E-state index contributed by atoms with van der Waals surface area (Å²) in [6.45, 7) is 10.8. The smallest absolute Gasteiger partial charge is 0.0897 e. The van der Waals surface area contributed by atoms with Gasteiger partial charge in [0.1, 0.15) is 0 Å². The minimum Gasteiger partial charge on any atom is -0.389 e. The third kappa shape index (κ3) is 7.59. The molecule has 0 aliphatic heterocycles. The van der Waals surface area contributed by atoms with Crippen molar-refractivity contribution in [3.63, 3.8) is 0 Å². The molecule has 0 radical (unpaired) electrons. The molecule has 0 amide bonds. The average Bonchev–Trinajstić information content (AvgIpc) is 2.45. The maximum absolute atomic E-state index is 10.0. The number of nitrogens with one attached hydrogen (secondary N) is 1. The third-order valence-corrected chi connectivity index (χ3v) is 4.33. The summed E-state index contributed by atoms with van der Waals surface area (Å²) < 4.78 is 11.6. The molecule has 0 bridgehead atoms. The molecule has 4 heteroatoms. The Bertz CT molecular complexity index is 271. The average molecular weight is 301 g/mol. The Balaban J connectivity index is 2.17. The molecule has 1 aliphatic rings. The fourth-order valence-electron chi connectivity index (χ4n) is 3.14. The van der Waals surface area contributed by atoms with Crippen LogP contribution in [0.3, 0.4) is 0 Å². The lowest BCUT2D eigenvalue weighted by Gasteiger charge is -2.31. The zero-order chi connectivity index (χ0) is 15.7. The lowest BCUT2D eigenvalue weighted by molar-refractivity contribution is -0.0523. The van der Waals surface area contributed by atoms with Crippen molar-refractivity contribution in [2.24, 2.45) is 5.92 Å². The molecular weight excluding hydrogens is 266 g/mol. The van der Waals surface area contributed by atoms with Crippen LogP contribution < -0.4 is 5.32 Å². The minimum absolute atomic E-state index is 0.188. The van der Waals surface area contributed by atoms with E-state index in [2.05, 4.69) is 26.1 Å². The molecule has 0 aromatic heterocycles. The van der Waals surface area contributed by atoms with Gasteiger partial charge in [0.05, 0.1) is 24.4 Å². The SMILES string of the molecule is CCOC(C)(C)CNCC(O)COC1CCCCC1CC. The maximum Gasteiger partial charge on any atom is 0.0897 e. The molecule has 1 saturated carbocycles. The second-order valence-corrected chi connectivity index (χ2v) is 6.80. The molecule has 21 heavy (non-hydrogen) atoms. The van der Waals surface area contributed by atoms with Crippen molar-refractivity contribution in [3.05, 3.63) is 0 Å². The zero-order valence-electron chi connectivity index (χ0n) is 14.4. The van der Waals surface area contributed by atoms with Crippen molar-refractivity contribution in [2.45, 2.75) is 77.6 Å². The monoisotopic (exact) mass is 301 g/mol. The normalized spacial score (nSPS) is 25.0. The first-order chi connectivity index (χ1) is 9.98. The molecule has 0 spiro atoms.